The lowest BCUT2D eigenvalue weighted by Gasteiger charge is -2.10. The molecule has 0 spiro atoms. The van der Waals surface area contributed by atoms with E-state index in [-0.39, 0.29) is 5.82 Å². The number of benzene rings is 1. The van der Waals surface area contributed by atoms with Crippen molar-refractivity contribution in [2.45, 2.75) is 38.8 Å². The lowest BCUT2D eigenvalue weighted by molar-refractivity contribution is 0.499. The summed E-state index contributed by atoms with van der Waals surface area (Å²) in [5.74, 6) is 0.639. The van der Waals surface area contributed by atoms with E-state index in [1.54, 1.807) is 23.5 Å². The van der Waals surface area contributed by atoms with Crippen LogP contribution in [0.2, 0.25) is 0 Å². The van der Waals surface area contributed by atoms with E-state index >= 15 is 0 Å². The van der Waals surface area contributed by atoms with E-state index in [0.717, 1.165) is 28.7 Å². The lowest BCUT2D eigenvalue weighted by atomic mass is 10.1. The van der Waals surface area contributed by atoms with Crippen LogP contribution in [0.3, 0.4) is 0 Å². The summed E-state index contributed by atoms with van der Waals surface area (Å²) in [6.07, 6.45) is 3.88. The smallest absolute Gasteiger partial charge is 0.123 e. The number of hydrogen-bond acceptors (Lipinski definition) is 3. The summed E-state index contributed by atoms with van der Waals surface area (Å²) in [5.41, 5.74) is 2.06. The van der Waals surface area contributed by atoms with E-state index < -0.39 is 0 Å². The number of aromatic nitrogens is 1. The Labute approximate surface area is 123 Å². The maximum absolute atomic E-state index is 12.9. The fourth-order valence-electron chi connectivity index (χ4n) is 2.75. The second kappa shape index (κ2) is 6.02. The van der Waals surface area contributed by atoms with E-state index in [2.05, 4.69) is 22.6 Å². The SMILES string of the molecule is CC1CCC(NCc2csc(-c3ccc(F)cc3)n2)C1. The first kappa shape index (κ1) is 13.7. The summed E-state index contributed by atoms with van der Waals surface area (Å²) < 4.78 is 12.9. The topological polar surface area (TPSA) is 24.9 Å². The van der Waals surface area contributed by atoms with Crippen molar-refractivity contribution in [1.82, 2.24) is 10.3 Å². The minimum atomic E-state index is -0.206. The largest absolute Gasteiger partial charge is 0.308 e. The number of nitrogens with one attached hydrogen (secondary N) is 1. The molecule has 0 aliphatic heterocycles. The maximum atomic E-state index is 12.9. The van der Waals surface area contributed by atoms with Crippen molar-refractivity contribution in [3.05, 3.63) is 41.2 Å². The van der Waals surface area contributed by atoms with Crippen LogP contribution in [0.25, 0.3) is 10.6 Å². The van der Waals surface area contributed by atoms with Gasteiger partial charge in [0.1, 0.15) is 10.8 Å². The number of hydrogen-bond donors (Lipinski definition) is 1. The van der Waals surface area contributed by atoms with Crippen LogP contribution in [-0.2, 0) is 6.54 Å². The van der Waals surface area contributed by atoms with Crippen LogP contribution in [0, 0.1) is 11.7 Å². The van der Waals surface area contributed by atoms with Crippen LogP contribution in [-0.4, -0.2) is 11.0 Å². The molecule has 0 radical (unpaired) electrons. The Hall–Kier alpha value is -1.26. The Morgan fingerprint density at radius 1 is 1.30 bits per heavy atom. The summed E-state index contributed by atoms with van der Waals surface area (Å²) in [4.78, 5) is 4.62. The molecule has 2 atom stereocenters. The van der Waals surface area contributed by atoms with Crippen molar-refractivity contribution in [3.8, 4) is 10.6 Å². The minimum absolute atomic E-state index is 0.206. The molecule has 20 heavy (non-hydrogen) atoms. The predicted molar refractivity (Wildman–Crippen MR) is 81.2 cm³/mol. The van der Waals surface area contributed by atoms with Gasteiger partial charge in [-0.25, -0.2) is 9.37 Å². The van der Waals surface area contributed by atoms with Gasteiger partial charge in [0, 0.05) is 23.5 Å². The molecular weight excluding hydrogens is 271 g/mol. The highest BCUT2D eigenvalue weighted by molar-refractivity contribution is 7.13. The molecule has 1 N–H and O–H groups in total. The number of nitrogens with zero attached hydrogens (tertiary/aromatic N) is 1. The molecule has 1 aromatic heterocycles. The van der Waals surface area contributed by atoms with Gasteiger partial charge in [-0.1, -0.05) is 6.92 Å². The summed E-state index contributed by atoms with van der Waals surface area (Å²) in [6, 6.07) is 7.16. The van der Waals surface area contributed by atoms with Crippen LogP contribution < -0.4 is 5.32 Å². The van der Waals surface area contributed by atoms with Crippen molar-refractivity contribution in [1.29, 1.82) is 0 Å². The average Bonchev–Trinajstić information content (AvgIpc) is 3.06. The second-order valence-electron chi connectivity index (χ2n) is 5.65. The van der Waals surface area contributed by atoms with Gasteiger partial charge in [0.25, 0.3) is 0 Å². The van der Waals surface area contributed by atoms with Crippen LogP contribution >= 0.6 is 11.3 Å². The first-order valence-corrected chi connectivity index (χ1v) is 8.02. The zero-order valence-corrected chi connectivity index (χ0v) is 12.4. The van der Waals surface area contributed by atoms with Gasteiger partial charge in [-0.15, -0.1) is 11.3 Å². The molecule has 0 amide bonds. The minimum Gasteiger partial charge on any atom is -0.308 e. The zero-order valence-electron chi connectivity index (χ0n) is 11.6. The van der Waals surface area contributed by atoms with Gasteiger partial charge < -0.3 is 5.32 Å². The normalized spacial score (nSPS) is 22.3. The summed E-state index contributed by atoms with van der Waals surface area (Å²) in [5, 5.41) is 6.63. The Morgan fingerprint density at radius 3 is 2.80 bits per heavy atom. The van der Waals surface area contributed by atoms with Crippen molar-refractivity contribution in [2.75, 3.05) is 0 Å². The molecule has 2 unspecified atom stereocenters. The molecule has 106 valence electrons. The van der Waals surface area contributed by atoms with Gasteiger partial charge in [-0.05, 0) is 49.4 Å². The molecule has 1 fully saturated rings. The third-order valence-electron chi connectivity index (χ3n) is 3.91. The van der Waals surface area contributed by atoms with Crippen molar-refractivity contribution >= 4 is 11.3 Å². The highest BCUT2D eigenvalue weighted by Crippen LogP contribution is 2.26. The van der Waals surface area contributed by atoms with Gasteiger partial charge in [0.15, 0.2) is 0 Å². The second-order valence-corrected chi connectivity index (χ2v) is 6.51. The molecule has 1 saturated carbocycles. The molecular formula is C16H19FN2S. The first-order chi connectivity index (χ1) is 9.70. The van der Waals surface area contributed by atoms with Gasteiger partial charge in [0.05, 0.1) is 5.69 Å². The van der Waals surface area contributed by atoms with E-state index in [1.165, 1.54) is 31.4 Å². The van der Waals surface area contributed by atoms with Crippen molar-refractivity contribution in [2.24, 2.45) is 5.92 Å². The Morgan fingerprint density at radius 2 is 2.10 bits per heavy atom. The third-order valence-corrected chi connectivity index (χ3v) is 4.85. The molecule has 0 bridgehead atoms. The molecule has 1 aliphatic carbocycles. The van der Waals surface area contributed by atoms with E-state index in [9.17, 15) is 4.39 Å². The molecule has 1 aliphatic rings. The van der Waals surface area contributed by atoms with E-state index in [0.29, 0.717) is 6.04 Å². The highest BCUT2D eigenvalue weighted by atomic mass is 32.1. The molecule has 1 heterocycles. The summed E-state index contributed by atoms with van der Waals surface area (Å²) in [6.45, 7) is 3.15. The Bertz CT molecular complexity index is 564. The van der Waals surface area contributed by atoms with Gasteiger partial charge in [-0.2, -0.15) is 0 Å². The van der Waals surface area contributed by atoms with Crippen LogP contribution in [0.1, 0.15) is 31.9 Å². The number of rotatable bonds is 4. The fraction of sp³-hybridized carbons (Fsp3) is 0.438. The molecule has 3 rings (SSSR count). The number of thiazole rings is 1. The Balaban J connectivity index is 1.60. The maximum Gasteiger partial charge on any atom is 0.123 e. The lowest BCUT2D eigenvalue weighted by Crippen LogP contribution is -2.25. The van der Waals surface area contributed by atoms with Gasteiger partial charge in [0.2, 0.25) is 0 Å². The first-order valence-electron chi connectivity index (χ1n) is 7.14. The van der Waals surface area contributed by atoms with E-state index in [4.69, 9.17) is 0 Å². The molecule has 0 saturated heterocycles. The highest BCUT2D eigenvalue weighted by Gasteiger charge is 2.20. The molecule has 1 aromatic carbocycles. The van der Waals surface area contributed by atoms with Crippen molar-refractivity contribution < 1.29 is 4.39 Å². The predicted octanol–water partition coefficient (Wildman–Crippen LogP) is 4.23. The molecule has 2 nitrogen and oxygen atoms in total. The van der Waals surface area contributed by atoms with Crippen molar-refractivity contribution in [3.63, 3.8) is 0 Å². The quantitative estimate of drug-likeness (QED) is 0.911. The monoisotopic (exact) mass is 290 g/mol. The summed E-state index contributed by atoms with van der Waals surface area (Å²) in [7, 11) is 0. The number of halogens is 1. The third kappa shape index (κ3) is 3.25. The standard InChI is InChI=1S/C16H19FN2S/c1-11-2-7-14(8-11)18-9-15-10-20-16(19-15)12-3-5-13(17)6-4-12/h3-6,10-11,14,18H,2,7-9H2,1H3. The van der Waals surface area contributed by atoms with E-state index in [1.807, 2.05) is 0 Å². The average molecular weight is 290 g/mol. The van der Waals surface area contributed by atoms with Crippen LogP contribution in [0.4, 0.5) is 4.39 Å². The van der Waals surface area contributed by atoms with Gasteiger partial charge in [-0.3, -0.25) is 0 Å². The van der Waals surface area contributed by atoms with Crippen LogP contribution in [0.15, 0.2) is 29.6 Å². The van der Waals surface area contributed by atoms with Gasteiger partial charge >= 0.3 is 0 Å². The fourth-order valence-corrected chi connectivity index (χ4v) is 3.58. The molecule has 4 heteroatoms. The zero-order chi connectivity index (χ0) is 13.9. The summed E-state index contributed by atoms with van der Waals surface area (Å²) >= 11 is 1.62. The Kier molecular flexibility index (Phi) is 4.13. The van der Waals surface area contributed by atoms with Crippen LogP contribution in [0.5, 0.6) is 0 Å². The molecule has 2 aromatic rings.